The second kappa shape index (κ2) is 9.20. The van der Waals surface area contributed by atoms with E-state index in [1.807, 2.05) is 42.5 Å². The van der Waals surface area contributed by atoms with Crippen molar-refractivity contribution >= 4 is 11.7 Å². The first-order valence-corrected chi connectivity index (χ1v) is 8.82. The van der Waals surface area contributed by atoms with Crippen LogP contribution in [-0.4, -0.2) is 50.3 Å². The summed E-state index contributed by atoms with van der Waals surface area (Å²) >= 11 is 0. The normalized spacial score (nSPS) is 14.9. The van der Waals surface area contributed by atoms with Gasteiger partial charge in [-0.1, -0.05) is 42.5 Å². The minimum Gasteiger partial charge on any atom is -0.379 e. The Kier molecular flexibility index (Phi) is 6.42. The fourth-order valence-corrected chi connectivity index (χ4v) is 2.88. The molecular weight excluding hydrogens is 314 g/mol. The van der Waals surface area contributed by atoms with Crippen molar-refractivity contribution in [2.45, 2.75) is 6.42 Å². The minimum absolute atomic E-state index is 0.158. The number of nitrogens with zero attached hydrogens (tertiary/aromatic N) is 1. The van der Waals surface area contributed by atoms with Crippen molar-refractivity contribution in [2.75, 3.05) is 44.7 Å². The maximum absolute atomic E-state index is 12.0. The van der Waals surface area contributed by atoms with E-state index in [1.165, 1.54) is 5.56 Å². The zero-order chi connectivity index (χ0) is 17.3. The summed E-state index contributed by atoms with van der Waals surface area (Å²) in [5.41, 5.74) is 3.10. The van der Waals surface area contributed by atoms with Crippen LogP contribution in [0.4, 0.5) is 10.5 Å². The van der Waals surface area contributed by atoms with Gasteiger partial charge in [-0.15, -0.1) is 0 Å². The van der Waals surface area contributed by atoms with Gasteiger partial charge in [-0.3, -0.25) is 4.90 Å². The maximum Gasteiger partial charge on any atom is 0.319 e. The Balaban J connectivity index is 1.39. The van der Waals surface area contributed by atoms with Gasteiger partial charge in [0.2, 0.25) is 0 Å². The lowest BCUT2D eigenvalue weighted by Gasteiger charge is -2.26. The van der Waals surface area contributed by atoms with Gasteiger partial charge >= 0.3 is 6.03 Å². The Hall–Kier alpha value is -2.37. The van der Waals surface area contributed by atoms with Gasteiger partial charge in [-0.2, -0.15) is 0 Å². The molecule has 1 fully saturated rings. The molecule has 0 atom stereocenters. The highest BCUT2D eigenvalue weighted by Crippen LogP contribution is 2.20. The molecule has 1 saturated heterocycles. The van der Waals surface area contributed by atoms with Crippen LogP contribution in [0.1, 0.15) is 6.42 Å². The van der Waals surface area contributed by atoms with Crippen LogP contribution in [0.15, 0.2) is 54.6 Å². The predicted molar refractivity (Wildman–Crippen MR) is 101 cm³/mol. The highest BCUT2D eigenvalue weighted by molar-refractivity contribution is 5.89. The zero-order valence-corrected chi connectivity index (χ0v) is 14.4. The van der Waals surface area contributed by atoms with Crippen LogP contribution in [0.25, 0.3) is 11.1 Å². The van der Waals surface area contributed by atoms with Gasteiger partial charge in [-0.25, -0.2) is 4.79 Å². The van der Waals surface area contributed by atoms with Crippen molar-refractivity contribution in [3.05, 3.63) is 54.6 Å². The number of amides is 2. The molecular formula is C20H25N3O2. The number of morpholine rings is 1. The largest absolute Gasteiger partial charge is 0.379 e. The third kappa shape index (κ3) is 5.59. The molecule has 1 aliphatic heterocycles. The van der Waals surface area contributed by atoms with E-state index >= 15 is 0 Å². The lowest BCUT2D eigenvalue weighted by molar-refractivity contribution is 0.0375. The van der Waals surface area contributed by atoms with Gasteiger partial charge in [0.1, 0.15) is 0 Å². The van der Waals surface area contributed by atoms with E-state index < -0.39 is 0 Å². The van der Waals surface area contributed by atoms with Crippen molar-refractivity contribution in [3.8, 4) is 11.1 Å². The SMILES string of the molecule is O=C(NCCCN1CCOCC1)Nc1ccc(-c2ccccc2)cc1. The fraction of sp³-hybridized carbons (Fsp3) is 0.350. The number of rotatable bonds is 6. The average molecular weight is 339 g/mol. The van der Waals surface area contributed by atoms with E-state index in [-0.39, 0.29) is 6.03 Å². The molecule has 2 N–H and O–H groups in total. The van der Waals surface area contributed by atoms with E-state index in [4.69, 9.17) is 4.74 Å². The molecule has 2 aromatic rings. The van der Waals surface area contributed by atoms with Gasteiger partial charge in [0.25, 0.3) is 0 Å². The molecule has 2 amide bonds. The minimum atomic E-state index is -0.158. The van der Waals surface area contributed by atoms with E-state index in [0.29, 0.717) is 6.54 Å². The molecule has 0 radical (unpaired) electrons. The van der Waals surface area contributed by atoms with Crippen LogP contribution >= 0.6 is 0 Å². The summed E-state index contributed by atoms with van der Waals surface area (Å²) in [4.78, 5) is 14.3. The lowest BCUT2D eigenvalue weighted by Crippen LogP contribution is -2.38. The van der Waals surface area contributed by atoms with Gasteiger partial charge in [0, 0.05) is 25.3 Å². The number of hydrogen-bond donors (Lipinski definition) is 2. The first kappa shape index (κ1) is 17.5. The molecule has 0 saturated carbocycles. The zero-order valence-electron chi connectivity index (χ0n) is 14.4. The number of hydrogen-bond acceptors (Lipinski definition) is 3. The summed E-state index contributed by atoms with van der Waals surface area (Å²) in [6.07, 6.45) is 0.945. The highest BCUT2D eigenvalue weighted by Gasteiger charge is 2.09. The third-order valence-corrected chi connectivity index (χ3v) is 4.29. The maximum atomic E-state index is 12.0. The summed E-state index contributed by atoms with van der Waals surface area (Å²) < 4.78 is 5.33. The Bertz CT molecular complexity index is 652. The lowest BCUT2D eigenvalue weighted by atomic mass is 10.1. The fourth-order valence-electron chi connectivity index (χ4n) is 2.88. The second-order valence-corrected chi connectivity index (χ2v) is 6.13. The number of anilines is 1. The molecule has 0 aromatic heterocycles. The molecule has 0 bridgehead atoms. The first-order valence-electron chi connectivity index (χ1n) is 8.82. The average Bonchev–Trinajstić information content (AvgIpc) is 2.67. The molecule has 1 heterocycles. The van der Waals surface area contributed by atoms with Gasteiger partial charge in [0.05, 0.1) is 13.2 Å². The number of urea groups is 1. The summed E-state index contributed by atoms with van der Waals surface area (Å²) in [6.45, 7) is 5.26. The van der Waals surface area contributed by atoms with Crippen molar-refractivity contribution in [2.24, 2.45) is 0 Å². The Morgan fingerprint density at radius 1 is 0.960 bits per heavy atom. The predicted octanol–water partition coefficient (Wildman–Crippen LogP) is 3.20. The molecule has 5 nitrogen and oxygen atoms in total. The Morgan fingerprint density at radius 2 is 1.64 bits per heavy atom. The topological polar surface area (TPSA) is 53.6 Å². The molecule has 0 aliphatic carbocycles. The molecule has 1 aliphatic rings. The number of nitrogens with one attached hydrogen (secondary N) is 2. The van der Waals surface area contributed by atoms with Crippen molar-refractivity contribution in [1.29, 1.82) is 0 Å². The quantitative estimate of drug-likeness (QED) is 0.795. The summed E-state index contributed by atoms with van der Waals surface area (Å²) in [6, 6.07) is 17.9. The molecule has 25 heavy (non-hydrogen) atoms. The monoisotopic (exact) mass is 339 g/mol. The molecule has 132 valence electrons. The highest BCUT2D eigenvalue weighted by atomic mass is 16.5. The van der Waals surface area contributed by atoms with Crippen LogP contribution in [0, 0.1) is 0 Å². The smallest absolute Gasteiger partial charge is 0.319 e. The van der Waals surface area contributed by atoms with Gasteiger partial charge in [-0.05, 0) is 36.2 Å². The molecule has 5 heteroatoms. The van der Waals surface area contributed by atoms with E-state index in [9.17, 15) is 4.79 Å². The first-order chi connectivity index (χ1) is 12.3. The number of ether oxygens (including phenoxy) is 1. The summed E-state index contributed by atoms with van der Waals surface area (Å²) in [7, 11) is 0. The number of carbonyl (C=O) groups is 1. The Labute approximate surface area is 149 Å². The number of carbonyl (C=O) groups excluding carboxylic acids is 1. The van der Waals surface area contributed by atoms with Crippen LogP contribution < -0.4 is 10.6 Å². The molecule has 3 rings (SSSR count). The summed E-state index contributed by atoms with van der Waals surface area (Å²) in [5, 5.41) is 5.78. The number of benzene rings is 2. The van der Waals surface area contributed by atoms with E-state index in [1.54, 1.807) is 0 Å². The van der Waals surface area contributed by atoms with Crippen LogP contribution in [0.2, 0.25) is 0 Å². The molecule has 0 unspecified atom stereocenters. The van der Waals surface area contributed by atoms with Crippen molar-refractivity contribution in [3.63, 3.8) is 0 Å². The molecule has 0 spiro atoms. The van der Waals surface area contributed by atoms with Gasteiger partial charge < -0.3 is 15.4 Å². The van der Waals surface area contributed by atoms with Crippen LogP contribution in [0.3, 0.4) is 0 Å². The summed E-state index contributed by atoms with van der Waals surface area (Å²) in [5.74, 6) is 0. The standard InChI is InChI=1S/C20H25N3O2/c24-20(21-11-4-12-23-13-15-25-16-14-23)22-19-9-7-18(8-10-19)17-5-2-1-3-6-17/h1-3,5-10H,4,11-16H2,(H2,21,22,24). The third-order valence-electron chi connectivity index (χ3n) is 4.29. The van der Waals surface area contributed by atoms with E-state index in [0.717, 1.165) is 50.5 Å². The molecule has 2 aromatic carbocycles. The van der Waals surface area contributed by atoms with Crippen LogP contribution in [0.5, 0.6) is 0 Å². The Morgan fingerprint density at radius 3 is 2.36 bits per heavy atom. The van der Waals surface area contributed by atoms with Crippen molar-refractivity contribution < 1.29 is 9.53 Å². The van der Waals surface area contributed by atoms with Crippen LogP contribution in [-0.2, 0) is 4.74 Å². The van der Waals surface area contributed by atoms with Crippen molar-refractivity contribution in [1.82, 2.24) is 10.2 Å². The second-order valence-electron chi connectivity index (χ2n) is 6.13. The van der Waals surface area contributed by atoms with E-state index in [2.05, 4.69) is 27.7 Å². The van der Waals surface area contributed by atoms with Gasteiger partial charge in [0.15, 0.2) is 0 Å².